The molecular formula is C4H4IN3O2. The molecule has 0 aromatic carbocycles. The summed E-state index contributed by atoms with van der Waals surface area (Å²) in [6.45, 7) is 0. The molecule has 0 saturated carbocycles. The summed E-state index contributed by atoms with van der Waals surface area (Å²) in [5, 5.41) is 17.7. The fraction of sp³-hybridized carbons (Fsp3) is 0.250. The minimum Gasteiger partial charge on any atom is -0.476 e. The molecule has 0 aliphatic carbocycles. The number of hydrogen-bond donors (Lipinski definition) is 2. The van der Waals surface area contributed by atoms with Gasteiger partial charge in [-0.05, 0) is 0 Å². The second kappa shape index (κ2) is 2.95. The van der Waals surface area contributed by atoms with Crippen LogP contribution >= 0.6 is 22.6 Å². The number of carboxylic acid groups (broad SMARTS) is 1. The molecule has 0 aliphatic heterocycles. The van der Waals surface area contributed by atoms with Crippen LogP contribution in [0.1, 0.15) is 16.2 Å². The zero-order valence-corrected chi connectivity index (χ0v) is 6.99. The number of hydrogen-bond acceptors (Lipinski definition) is 3. The maximum Gasteiger partial charge on any atom is 0.355 e. The SMILES string of the molecule is O=C(O)c1[nH]nnc1CI. The van der Waals surface area contributed by atoms with E-state index in [1.165, 1.54) is 0 Å². The Morgan fingerprint density at radius 3 is 2.90 bits per heavy atom. The minimum absolute atomic E-state index is 0.0781. The number of aromatic carboxylic acids is 1. The van der Waals surface area contributed by atoms with Crippen LogP contribution in [0.25, 0.3) is 0 Å². The average molecular weight is 253 g/mol. The first-order valence-electron chi connectivity index (χ1n) is 2.45. The van der Waals surface area contributed by atoms with Crippen molar-refractivity contribution in [1.82, 2.24) is 15.4 Å². The third-order valence-electron chi connectivity index (χ3n) is 0.962. The summed E-state index contributed by atoms with van der Waals surface area (Å²) in [6.07, 6.45) is 0. The summed E-state index contributed by atoms with van der Waals surface area (Å²) in [7, 11) is 0. The Morgan fingerprint density at radius 1 is 1.80 bits per heavy atom. The van der Waals surface area contributed by atoms with E-state index in [1.807, 2.05) is 22.6 Å². The molecular weight excluding hydrogens is 249 g/mol. The zero-order valence-electron chi connectivity index (χ0n) is 4.83. The van der Waals surface area contributed by atoms with Crippen molar-refractivity contribution in [3.05, 3.63) is 11.4 Å². The quantitative estimate of drug-likeness (QED) is 0.592. The van der Waals surface area contributed by atoms with Gasteiger partial charge in [-0.2, -0.15) is 0 Å². The van der Waals surface area contributed by atoms with Crippen molar-refractivity contribution in [1.29, 1.82) is 0 Å². The van der Waals surface area contributed by atoms with Gasteiger partial charge in [0.05, 0.1) is 0 Å². The standard InChI is InChI=1S/C4H4IN3O2/c5-1-2-3(4(9)10)7-8-6-2/h1H2,(H,9,10)(H,6,7,8). The van der Waals surface area contributed by atoms with Crippen LogP contribution < -0.4 is 0 Å². The molecule has 1 heterocycles. The smallest absolute Gasteiger partial charge is 0.355 e. The van der Waals surface area contributed by atoms with Crippen LogP contribution in [-0.2, 0) is 4.43 Å². The second-order valence-corrected chi connectivity index (χ2v) is 2.34. The molecule has 0 radical (unpaired) electrons. The normalized spacial score (nSPS) is 9.70. The highest BCUT2D eigenvalue weighted by atomic mass is 127. The molecule has 0 amide bonds. The predicted octanol–water partition coefficient (Wildman–Crippen LogP) is 0.438. The third-order valence-corrected chi connectivity index (χ3v) is 1.68. The van der Waals surface area contributed by atoms with Gasteiger partial charge in [0.1, 0.15) is 5.69 Å². The molecule has 0 spiro atoms. The van der Waals surface area contributed by atoms with Crippen LogP contribution in [0.15, 0.2) is 0 Å². The van der Waals surface area contributed by atoms with Gasteiger partial charge in [-0.3, -0.25) is 5.10 Å². The van der Waals surface area contributed by atoms with E-state index in [9.17, 15) is 4.79 Å². The van der Waals surface area contributed by atoms with Crippen molar-refractivity contribution < 1.29 is 9.90 Å². The van der Waals surface area contributed by atoms with Gasteiger partial charge in [0, 0.05) is 4.43 Å². The Bertz CT molecular complexity index is 246. The second-order valence-electron chi connectivity index (χ2n) is 1.57. The molecule has 0 aliphatic rings. The fourth-order valence-electron chi connectivity index (χ4n) is 0.515. The lowest BCUT2D eigenvalue weighted by molar-refractivity contribution is 0.0689. The molecule has 1 aromatic rings. The maximum absolute atomic E-state index is 10.3. The van der Waals surface area contributed by atoms with Gasteiger partial charge in [0.15, 0.2) is 5.69 Å². The molecule has 1 aromatic heterocycles. The number of halogens is 1. The first kappa shape index (κ1) is 7.45. The highest BCUT2D eigenvalue weighted by molar-refractivity contribution is 14.1. The number of nitrogens with one attached hydrogen (secondary N) is 1. The van der Waals surface area contributed by atoms with E-state index in [-0.39, 0.29) is 5.69 Å². The molecule has 0 atom stereocenters. The monoisotopic (exact) mass is 253 g/mol. The summed E-state index contributed by atoms with van der Waals surface area (Å²) < 4.78 is 0.551. The van der Waals surface area contributed by atoms with Gasteiger partial charge in [-0.25, -0.2) is 4.79 Å². The number of nitrogens with zero attached hydrogens (tertiary/aromatic N) is 2. The molecule has 1 rings (SSSR count). The fourth-order valence-corrected chi connectivity index (χ4v) is 1.05. The van der Waals surface area contributed by atoms with Crippen LogP contribution in [0.4, 0.5) is 0 Å². The molecule has 54 valence electrons. The molecule has 0 saturated heterocycles. The lowest BCUT2D eigenvalue weighted by atomic mass is 10.4. The largest absolute Gasteiger partial charge is 0.476 e. The Kier molecular flexibility index (Phi) is 2.20. The van der Waals surface area contributed by atoms with Crippen LogP contribution in [0.3, 0.4) is 0 Å². The summed E-state index contributed by atoms with van der Waals surface area (Å²) in [4.78, 5) is 10.3. The van der Waals surface area contributed by atoms with E-state index < -0.39 is 5.97 Å². The number of carbonyl (C=O) groups is 1. The van der Waals surface area contributed by atoms with Crippen LogP contribution in [0.2, 0.25) is 0 Å². The number of H-pyrrole nitrogens is 1. The van der Waals surface area contributed by atoms with Crippen molar-refractivity contribution in [3.63, 3.8) is 0 Å². The molecule has 5 nitrogen and oxygen atoms in total. The van der Waals surface area contributed by atoms with Crippen molar-refractivity contribution in [2.75, 3.05) is 0 Å². The Balaban J connectivity index is 3.01. The topological polar surface area (TPSA) is 78.9 Å². The van der Waals surface area contributed by atoms with Crippen molar-refractivity contribution in [2.45, 2.75) is 4.43 Å². The van der Waals surface area contributed by atoms with Gasteiger partial charge < -0.3 is 5.11 Å². The first-order valence-corrected chi connectivity index (χ1v) is 3.97. The lowest BCUT2D eigenvalue weighted by Crippen LogP contribution is -2.00. The molecule has 10 heavy (non-hydrogen) atoms. The minimum atomic E-state index is -1.02. The van der Waals surface area contributed by atoms with E-state index in [4.69, 9.17) is 5.11 Å². The van der Waals surface area contributed by atoms with Gasteiger partial charge in [0.2, 0.25) is 0 Å². The number of carboxylic acids is 1. The van der Waals surface area contributed by atoms with Crippen LogP contribution in [0.5, 0.6) is 0 Å². The van der Waals surface area contributed by atoms with Crippen LogP contribution in [0, 0.1) is 0 Å². The van der Waals surface area contributed by atoms with Crippen molar-refractivity contribution in [2.24, 2.45) is 0 Å². The molecule has 0 unspecified atom stereocenters. The predicted molar refractivity (Wildman–Crippen MR) is 41.1 cm³/mol. The number of alkyl halides is 1. The summed E-state index contributed by atoms with van der Waals surface area (Å²) in [5.41, 5.74) is 0.558. The van der Waals surface area contributed by atoms with E-state index >= 15 is 0 Å². The lowest BCUT2D eigenvalue weighted by Gasteiger charge is -1.87. The highest BCUT2D eigenvalue weighted by Gasteiger charge is 2.11. The van der Waals surface area contributed by atoms with Gasteiger partial charge in [-0.1, -0.05) is 27.8 Å². The summed E-state index contributed by atoms with van der Waals surface area (Å²) in [6, 6.07) is 0. The highest BCUT2D eigenvalue weighted by Crippen LogP contribution is 2.05. The molecule has 6 heteroatoms. The van der Waals surface area contributed by atoms with E-state index in [0.29, 0.717) is 10.1 Å². The number of rotatable bonds is 2. The van der Waals surface area contributed by atoms with Gasteiger partial charge in [0.25, 0.3) is 0 Å². The third kappa shape index (κ3) is 1.25. The van der Waals surface area contributed by atoms with Gasteiger partial charge in [-0.15, -0.1) is 5.10 Å². The number of aromatic nitrogens is 3. The molecule has 2 N–H and O–H groups in total. The Labute approximate surface area is 70.0 Å². The first-order chi connectivity index (χ1) is 4.75. The maximum atomic E-state index is 10.3. The van der Waals surface area contributed by atoms with E-state index in [1.54, 1.807) is 0 Å². The van der Waals surface area contributed by atoms with Crippen molar-refractivity contribution >= 4 is 28.6 Å². The van der Waals surface area contributed by atoms with Crippen molar-refractivity contribution in [3.8, 4) is 0 Å². The molecule has 0 bridgehead atoms. The average Bonchev–Trinajstić information content (AvgIpc) is 2.33. The Morgan fingerprint density at radius 2 is 2.50 bits per heavy atom. The van der Waals surface area contributed by atoms with Crippen LogP contribution in [-0.4, -0.2) is 26.5 Å². The molecule has 0 fully saturated rings. The summed E-state index contributed by atoms with van der Waals surface area (Å²) in [5.74, 6) is -1.02. The Hall–Kier alpha value is -0.660. The zero-order chi connectivity index (χ0) is 7.56. The summed E-state index contributed by atoms with van der Waals surface area (Å²) >= 11 is 2.02. The van der Waals surface area contributed by atoms with E-state index in [2.05, 4.69) is 15.4 Å². The van der Waals surface area contributed by atoms with E-state index in [0.717, 1.165) is 0 Å². The number of aromatic amines is 1. The van der Waals surface area contributed by atoms with Gasteiger partial charge >= 0.3 is 5.97 Å².